The Kier molecular flexibility index (Phi) is 5.49. The average molecular weight is 398 g/mol. The monoisotopic (exact) mass is 397 g/mol. The zero-order valence-corrected chi connectivity index (χ0v) is 16.4. The minimum Gasteiger partial charge on any atom is -0.334 e. The Morgan fingerprint density at radius 1 is 1.15 bits per heavy atom. The van der Waals surface area contributed by atoms with Crippen LogP contribution in [-0.2, 0) is 13.6 Å². The van der Waals surface area contributed by atoms with Crippen LogP contribution in [0.1, 0.15) is 18.0 Å². The summed E-state index contributed by atoms with van der Waals surface area (Å²) in [6.07, 6.45) is 4.86. The molecule has 5 rings (SSSR count). The smallest absolute Gasteiger partial charge is 0.261 e. The number of hydrogen-bond donors (Lipinski definition) is 1. The molecule has 0 radical (unpaired) electrons. The third-order valence-electron chi connectivity index (χ3n) is 5.97. The first kappa shape index (κ1) is 19.4. The molecule has 0 aromatic carbocycles. The van der Waals surface area contributed by atoms with E-state index in [0.717, 1.165) is 38.5 Å². The van der Waals surface area contributed by atoms with Crippen LogP contribution in [0, 0.1) is 5.92 Å². The lowest BCUT2D eigenvalue weighted by Gasteiger charge is -2.48. The summed E-state index contributed by atoms with van der Waals surface area (Å²) >= 11 is 0. The third kappa shape index (κ3) is 2.99. The summed E-state index contributed by atoms with van der Waals surface area (Å²) in [5, 5.41) is 3.37. The highest BCUT2D eigenvalue weighted by molar-refractivity contribution is 5.85. The molecule has 142 valence electrons. The lowest BCUT2D eigenvalue weighted by atomic mass is 9.82. The third-order valence-corrected chi connectivity index (χ3v) is 5.97. The van der Waals surface area contributed by atoms with Crippen LogP contribution in [0.15, 0.2) is 29.3 Å². The van der Waals surface area contributed by atoms with Gasteiger partial charge in [0.05, 0.1) is 5.56 Å². The van der Waals surface area contributed by atoms with Crippen molar-refractivity contribution >= 4 is 24.8 Å². The first-order valence-corrected chi connectivity index (χ1v) is 8.87. The summed E-state index contributed by atoms with van der Waals surface area (Å²) in [7, 11) is 1.94. The van der Waals surface area contributed by atoms with Crippen molar-refractivity contribution in [3.8, 4) is 11.4 Å². The van der Waals surface area contributed by atoms with E-state index in [4.69, 9.17) is 0 Å². The molecule has 2 aromatic rings. The van der Waals surface area contributed by atoms with E-state index in [-0.39, 0.29) is 30.4 Å². The van der Waals surface area contributed by atoms with Crippen LogP contribution in [0.3, 0.4) is 0 Å². The van der Waals surface area contributed by atoms with Crippen LogP contribution in [0.5, 0.6) is 0 Å². The van der Waals surface area contributed by atoms with Crippen molar-refractivity contribution in [2.75, 3.05) is 26.2 Å². The predicted molar refractivity (Wildman–Crippen MR) is 106 cm³/mol. The van der Waals surface area contributed by atoms with Gasteiger partial charge in [-0.15, -0.1) is 24.8 Å². The first-order chi connectivity index (χ1) is 11.7. The number of nitrogens with one attached hydrogen (secondary N) is 1. The van der Waals surface area contributed by atoms with Crippen molar-refractivity contribution in [2.24, 2.45) is 13.0 Å². The molecule has 0 spiro atoms. The maximum Gasteiger partial charge on any atom is 0.261 e. The number of aryl methyl sites for hydroxylation is 1. The lowest BCUT2D eigenvalue weighted by Crippen LogP contribution is -2.61. The van der Waals surface area contributed by atoms with E-state index < -0.39 is 0 Å². The summed E-state index contributed by atoms with van der Waals surface area (Å²) < 4.78 is 3.94. The van der Waals surface area contributed by atoms with E-state index in [1.165, 1.54) is 12.1 Å². The lowest BCUT2D eigenvalue weighted by molar-refractivity contribution is 0.0587. The van der Waals surface area contributed by atoms with Crippen LogP contribution in [-0.4, -0.2) is 51.2 Å². The molecule has 6 nitrogen and oxygen atoms in total. The van der Waals surface area contributed by atoms with Crippen molar-refractivity contribution in [3.05, 3.63) is 40.6 Å². The molecule has 2 bridgehead atoms. The van der Waals surface area contributed by atoms with Gasteiger partial charge in [0.25, 0.3) is 5.56 Å². The summed E-state index contributed by atoms with van der Waals surface area (Å²) in [4.78, 5) is 20.1. The van der Waals surface area contributed by atoms with Gasteiger partial charge in [-0.1, -0.05) is 0 Å². The number of pyridine rings is 1. The van der Waals surface area contributed by atoms with Gasteiger partial charge < -0.3 is 14.5 Å². The summed E-state index contributed by atoms with van der Waals surface area (Å²) in [5.41, 5.74) is 2.05. The van der Waals surface area contributed by atoms with Gasteiger partial charge in [0.15, 0.2) is 0 Å². The molecule has 0 amide bonds. The highest BCUT2D eigenvalue weighted by Crippen LogP contribution is 2.36. The second kappa shape index (κ2) is 7.35. The average Bonchev–Trinajstić information content (AvgIpc) is 2.93. The first-order valence-electron chi connectivity index (χ1n) is 8.87. The fourth-order valence-corrected chi connectivity index (χ4v) is 4.61. The Bertz CT molecular complexity index is 844. The molecule has 1 N–H and O–H groups in total. The van der Waals surface area contributed by atoms with Crippen LogP contribution >= 0.6 is 24.8 Å². The van der Waals surface area contributed by atoms with Crippen molar-refractivity contribution in [1.82, 2.24) is 24.3 Å². The predicted octanol–water partition coefficient (Wildman–Crippen LogP) is 1.48. The second-order valence-corrected chi connectivity index (χ2v) is 7.51. The summed E-state index contributed by atoms with van der Waals surface area (Å²) in [6, 6.07) is 4.83. The van der Waals surface area contributed by atoms with Crippen molar-refractivity contribution in [1.29, 1.82) is 0 Å². The van der Waals surface area contributed by atoms with Gasteiger partial charge in [0.2, 0.25) is 0 Å². The van der Waals surface area contributed by atoms with E-state index in [0.29, 0.717) is 23.4 Å². The minimum absolute atomic E-state index is 0. The number of piperidine rings is 1. The highest BCUT2D eigenvalue weighted by atomic mass is 35.5. The maximum atomic E-state index is 13.1. The molecule has 5 heterocycles. The number of rotatable bonds is 2. The van der Waals surface area contributed by atoms with Crippen molar-refractivity contribution < 1.29 is 0 Å². The molecular weight excluding hydrogens is 373 g/mol. The molecule has 0 aliphatic carbocycles. The molecule has 8 heteroatoms. The fraction of sp³-hybridized carbons (Fsp3) is 0.556. The van der Waals surface area contributed by atoms with Gasteiger partial charge in [-0.05, 0) is 24.5 Å². The molecule has 3 aliphatic rings. The largest absolute Gasteiger partial charge is 0.334 e. The number of halogens is 2. The Balaban J connectivity index is 0.000000980. The van der Waals surface area contributed by atoms with Crippen LogP contribution in [0.2, 0.25) is 0 Å². The number of aromatic nitrogens is 3. The number of imidazole rings is 1. The number of fused-ring (bicyclic) bond motifs is 4. The normalized spacial score (nSPS) is 24.8. The van der Waals surface area contributed by atoms with Crippen LogP contribution in [0.25, 0.3) is 11.4 Å². The molecule has 2 saturated heterocycles. The minimum atomic E-state index is 0. The molecule has 0 saturated carbocycles. The van der Waals surface area contributed by atoms with Gasteiger partial charge in [-0.2, -0.15) is 0 Å². The molecular formula is C18H25Cl2N5O. The zero-order chi connectivity index (χ0) is 16.3. The molecule has 2 atom stereocenters. The van der Waals surface area contributed by atoms with Crippen LogP contribution < -0.4 is 10.9 Å². The van der Waals surface area contributed by atoms with Crippen molar-refractivity contribution in [2.45, 2.75) is 24.9 Å². The van der Waals surface area contributed by atoms with Gasteiger partial charge in [-0.3, -0.25) is 9.69 Å². The van der Waals surface area contributed by atoms with Gasteiger partial charge >= 0.3 is 0 Å². The van der Waals surface area contributed by atoms with Gasteiger partial charge in [0.1, 0.15) is 5.82 Å². The molecule has 0 unspecified atom stereocenters. The number of likely N-dealkylation sites (tertiary alicyclic amines) is 1. The number of nitrogens with zero attached hydrogens (tertiary/aromatic N) is 4. The van der Waals surface area contributed by atoms with E-state index >= 15 is 0 Å². The van der Waals surface area contributed by atoms with Crippen molar-refractivity contribution in [3.63, 3.8) is 0 Å². The Morgan fingerprint density at radius 2 is 1.96 bits per heavy atom. The Labute approximate surface area is 165 Å². The highest BCUT2D eigenvalue weighted by Gasteiger charge is 2.38. The SMILES string of the molecule is Cl.Cl.Cn1ccnc1-c1ccc2n(c1=O)C[C@H]1C[C@@H]2CN(C2CNC2)C1. The fourth-order valence-electron chi connectivity index (χ4n) is 4.61. The Hall–Kier alpha value is -1.34. The Morgan fingerprint density at radius 3 is 2.62 bits per heavy atom. The van der Waals surface area contributed by atoms with E-state index in [9.17, 15) is 4.79 Å². The van der Waals surface area contributed by atoms with E-state index in [1.807, 2.05) is 28.4 Å². The standard InChI is InChI=1S/C18H23N5O.2ClH/c1-21-5-4-20-17(21)15-2-3-16-13-6-12(10-23(16)18(15)24)9-22(11-13)14-7-19-8-14;;/h2-5,12-14,19H,6-11H2,1H3;2*1H/t12-,13+;;/m0../s1. The number of hydrogen-bond acceptors (Lipinski definition) is 4. The van der Waals surface area contributed by atoms with E-state index in [1.54, 1.807) is 6.20 Å². The molecule has 2 aromatic heterocycles. The summed E-state index contributed by atoms with van der Waals surface area (Å²) in [6.45, 7) is 5.29. The topological polar surface area (TPSA) is 55.1 Å². The zero-order valence-electron chi connectivity index (χ0n) is 14.8. The second-order valence-electron chi connectivity index (χ2n) is 7.51. The van der Waals surface area contributed by atoms with E-state index in [2.05, 4.69) is 21.3 Å². The van der Waals surface area contributed by atoms with Crippen LogP contribution in [0.4, 0.5) is 0 Å². The maximum absolute atomic E-state index is 13.1. The molecule has 2 fully saturated rings. The molecule has 3 aliphatic heterocycles. The summed E-state index contributed by atoms with van der Waals surface area (Å²) in [5.74, 6) is 1.83. The quantitative estimate of drug-likeness (QED) is 0.833. The van der Waals surface area contributed by atoms with Gasteiger partial charge in [0, 0.05) is 69.8 Å². The molecule has 26 heavy (non-hydrogen) atoms. The van der Waals surface area contributed by atoms with Gasteiger partial charge in [-0.25, -0.2) is 4.98 Å².